The molecule has 44 heavy (non-hydrogen) atoms. The average molecular weight is 624 g/mol. The fourth-order valence-electron chi connectivity index (χ4n) is 5.40. The number of ether oxygens (including phenoxy) is 2. The van der Waals surface area contributed by atoms with Crippen LogP contribution in [0.2, 0.25) is 5.02 Å². The number of carbonyl (C=O) groups is 2. The van der Waals surface area contributed by atoms with Gasteiger partial charge in [0.2, 0.25) is 0 Å². The molecule has 1 N–H and O–H groups in total. The number of carbonyl (C=O) groups excluding carboxylic acids is 2. The quantitative estimate of drug-likeness (QED) is 0.269. The monoisotopic (exact) mass is 623 g/mol. The van der Waals surface area contributed by atoms with E-state index in [-0.39, 0.29) is 36.0 Å². The predicted molar refractivity (Wildman–Crippen MR) is 166 cm³/mol. The number of hydrogen-bond donors (Lipinski definition) is 1. The van der Waals surface area contributed by atoms with E-state index in [1.807, 2.05) is 23.1 Å². The van der Waals surface area contributed by atoms with E-state index >= 15 is 0 Å². The lowest BCUT2D eigenvalue weighted by molar-refractivity contribution is 0.0494. The fraction of sp³-hybridized carbons (Fsp3) is 0.375. The first kappa shape index (κ1) is 31.1. The molecule has 2 aromatic heterocycles. The standard InChI is InChI=1S/C32H35ClFN5O5/c1-5-43-30(41)26-19-38-27(29(40)39(26)23-13-8-11-21(34)17-23)24(16-20-10-6-7-14-25(20)33)28(36-38)37-15-9-12-22(18-37)35-31(42)44-32(2,3)4/h6-8,10-11,13-14,17,19,22H,5,9,12,15-16,18H2,1-4H3,(H,35,42)/t22-/m0/s1. The highest BCUT2D eigenvalue weighted by Crippen LogP contribution is 2.30. The van der Waals surface area contributed by atoms with E-state index in [4.69, 9.17) is 26.2 Å². The summed E-state index contributed by atoms with van der Waals surface area (Å²) in [6, 6.07) is 12.6. The maximum Gasteiger partial charge on any atom is 0.407 e. The van der Waals surface area contributed by atoms with Gasteiger partial charge in [-0.3, -0.25) is 9.36 Å². The molecule has 0 spiro atoms. The van der Waals surface area contributed by atoms with Crippen LogP contribution in [0, 0.1) is 5.82 Å². The third-order valence-corrected chi connectivity index (χ3v) is 7.57. The topological polar surface area (TPSA) is 107 Å². The van der Waals surface area contributed by atoms with Crippen LogP contribution in [-0.2, 0) is 15.9 Å². The van der Waals surface area contributed by atoms with Gasteiger partial charge in [-0.05, 0) is 70.4 Å². The highest BCUT2D eigenvalue weighted by Gasteiger charge is 2.30. The Balaban J connectivity index is 1.67. The fourth-order valence-corrected chi connectivity index (χ4v) is 5.60. The number of aromatic nitrogens is 3. The second kappa shape index (κ2) is 12.7. The van der Waals surface area contributed by atoms with Crippen LogP contribution in [0.25, 0.3) is 11.2 Å². The molecule has 0 bridgehead atoms. The molecule has 1 atom stereocenters. The highest BCUT2D eigenvalue weighted by atomic mass is 35.5. The van der Waals surface area contributed by atoms with E-state index < -0.39 is 29.0 Å². The third-order valence-electron chi connectivity index (χ3n) is 7.20. The summed E-state index contributed by atoms with van der Waals surface area (Å²) in [6.07, 6.45) is 2.67. The molecule has 232 valence electrons. The van der Waals surface area contributed by atoms with Crippen molar-refractivity contribution in [3.8, 4) is 5.69 Å². The number of nitrogens with zero attached hydrogens (tertiary/aromatic N) is 4. The lowest BCUT2D eigenvalue weighted by Gasteiger charge is -2.34. The minimum atomic E-state index is -0.750. The van der Waals surface area contributed by atoms with Gasteiger partial charge in [0.05, 0.1) is 18.5 Å². The number of rotatable bonds is 7. The van der Waals surface area contributed by atoms with Crippen molar-refractivity contribution in [3.63, 3.8) is 0 Å². The summed E-state index contributed by atoms with van der Waals surface area (Å²) in [5.41, 5.74) is 0.434. The summed E-state index contributed by atoms with van der Waals surface area (Å²) in [5.74, 6) is -0.795. The van der Waals surface area contributed by atoms with E-state index in [1.54, 1.807) is 39.8 Å². The molecule has 3 heterocycles. The number of hydrogen-bond acceptors (Lipinski definition) is 7. The Bertz CT molecular complexity index is 1760. The van der Waals surface area contributed by atoms with E-state index in [1.165, 1.54) is 28.9 Å². The van der Waals surface area contributed by atoms with E-state index in [0.717, 1.165) is 23.0 Å². The molecule has 0 saturated carbocycles. The molecule has 0 aliphatic carbocycles. The van der Waals surface area contributed by atoms with Crippen LogP contribution in [0.5, 0.6) is 0 Å². The number of benzene rings is 2. The Morgan fingerprint density at radius 3 is 2.64 bits per heavy atom. The average Bonchev–Trinajstić information content (AvgIpc) is 3.32. The number of alkyl carbamates (subject to hydrolysis) is 1. The van der Waals surface area contributed by atoms with Crippen LogP contribution < -0.4 is 15.8 Å². The maximum atomic E-state index is 14.4. The molecular formula is C32H35ClFN5O5. The second-order valence-corrected chi connectivity index (χ2v) is 12.1. The normalized spacial score (nSPS) is 15.3. The number of amides is 1. The molecule has 10 nitrogen and oxygen atoms in total. The zero-order valence-electron chi connectivity index (χ0n) is 25.1. The van der Waals surface area contributed by atoms with Gasteiger partial charge in [-0.2, -0.15) is 0 Å². The number of halogens is 2. The second-order valence-electron chi connectivity index (χ2n) is 11.7. The molecule has 2 aromatic carbocycles. The van der Waals surface area contributed by atoms with Crippen molar-refractivity contribution < 1.29 is 23.5 Å². The molecule has 1 amide bonds. The molecule has 1 saturated heterocycles. The van der Waals surface area contributed by atoms with Crippen LogP contribution in [0.4, 0.5) is 15.0 Å². The van der Waals surface area contributed by atoms with Crippen molar-refractivity contribution in [2.75, 3.05) is 24.6 Å². The van der Waals surface area contributed by atoms with Crippen molar-refractivity contribution >= 4 is 35.0 Å². The van der Waals surface area contributed by atoms with Gasteiger partial charge in [-0.25, -0.2) is 18.5 Å². The molecular weight excluding hydrogens is 589 g/mol. The Hall–Kier alpha value is -4.38. The maximum absolute atomic E-state index is 14.4. The lowest BCUT2D eigenvalue weighted by Crippen LogP contribution is -2.49. The number of anilines is 1. The summed E-state index contributed by atoms with van der Waals surface area (Å²) >= 11 is 6.56. The Morgan fingerprint density at radius 1 is 1.16 bits per heavy atom. The minimum Gasteiger partial charge on any atom is -0.461 e. The Labute approximate surface area is 259 Å². The summed E-state index contributed by atoms with van der Waals surface area (Å²) < 4.78 is 27.6. The molecule has 0 radical (unpaired) electrons. The van der Waals surface area contributed by atoms with Gasteiger partial charge in [-0.1, -0.05) is 35.9 Å². The third kappa shape index (κ3) is 6.72. The Kier molecular flexibility index (Phi) is 8.96. The van der Waals surface area contributed by atoms with E-state index in [0.29, 0.717) is 29.5 Å². The first-order valence-electron chi connectivity index (χ1n) is 14.5. The van der Waals surface area contributed by atoms with Gasteiger partial charge < -0.3 is 19.7 Å². The first-order valence-corrected chi connectivity index (χ1v) is 14.9. The van der Waals surface area contributed by atoms with Crippen molar-refractivity contribution in [2.24, 2.45) is 0 Å². The van der Waals surface area contributed by atoms with Crippen molar-refractivity contribution in [2.45, 2.75) is 58.6 Å². The van der Waals surface area contributed by atoms with Crippen molar-refractivity contribution in [3.05, 3.63) is 92.7 Å². The molecule has 5 rings (SSSR count). The molecule has 0 unspecified atom stereocenters. The van der Waals surface area contributed by atoms with Gasteiger partial charge in [0.1, 0.15) is 16.9 Å². The summed E-state index contributed by atoms with van der Waals surface area (Å²) in [5, 5.41) is 8.29. The number of esters is 1. The van der Waals surface area contributed by atoms with Crippen LogP contribution >= 0.6 is 11.6 Å². The number of nitrogens with one attached hydrogen (secondary N) is 1. The lowest BCUT2D eigenvalue weighted by atomic mass is 10.0. The molecule has 1 fully saturated rings. The van der Waals surface area contributed by atoms with Gasteiger partial charge in [-0.15, -0.1) is 5.10 Å². The molecule has 12 heteroatoms. The summed E-state index contributed by atoms with van der Waals surface area (Å²) in [6.45, 7) is 8.19. The van der Waals surface area contributed by atoms with Crippen molar-refractivity contribution in [1.29, 1.82) is 0 Å². The van der Waals surface area contributed by atoms with Gasteiger partial charge in [0, 0.05) is 36.1 Å². The smallest absolute Gasteiger partial charge is 0.407 e. The predicted octanol–water partition coefficient (Wildman–Crippen LogP) is 5.54. The SMILES string of the molecule is CCOC(=O)c1cn2nc(N3CCC[C@H](NC(=O)OC(C)(C)C)C3)c(Cc3ccccc3Cl)c2c(=O)n1-c1cccc(F)c1. The van der Waals surface area contributed by atoms with E-state index in [9.17, 15) is 18.8 Å². The molecule has 4 aromatic rings. The zero-order valence-corrected chi connectivity index (χ0v) is 25.9. The van der Waals surface area contributed by atoms with Gasteiger partial charge >= 0.3 is 12.1 Å². The molecule has 1 aliphatic heterocycles. The summed E-state index contributed by atoms with van der Waals surface area (Å²) in [4.78, 5) is 42.0. The van der Waals surface area contributed by atoms with Gasteiger partial charge in [0.15, 0.2) is 11.5 Å². The van der Waals surface area contributed by atoms with Crippen LogP contribution in [0.15, 0.2) is 59.5 Å². The number of piperidine rings is 1. The molecule has 1 aliphatic rings. The Morgan fingerprint density at radius 2 is 1.93 bits per heavy atom. The largest absolute Gasteiger partial charge is 0.461 e. The summed E-state index contributed by atoms with van der Waals surface area (Å²) in [7, 11) is 0. The van der Waals surface area contributed by atoms with Crippen LogP contribution in [0.1, 0.15) is 62.2 Å². The first-order chi connectivity index (χ1) is 20.9. The highest BCUT2D eigenvalue weighted by molar-refractivity contribution is 6.31. The van der Waals surface area contributed by atoms with E-state index in [2.05, 4.69) is 5.32 Å². The zero-order chi connectivity index (χ0) is 31.6. The van der Waals surface area contributed by atoms with Crippen molar-refractivity contribution in [1.82, 2.24) is 19.5 Å². The van der Waals surface area contributed by atoms with Crippen LogP contribution in [-0.4, -0.2) is 57.6 Å². The van der Waals surface area contributed by atoms with Crippen LogP contribution in [0.3, 0.4) is 0 Å². The van der Waals surface area contributed by atoms with Gasteiger partial charge in [0.25, 0.3) is 5.56 Å². The minimum absolute atomic E-state index is 0.0795. The number of fused-ring (bicyclic) bond motifs is 1.